The summed E-state index contributed by atoms with van der Waals surface area (Å²) in [5, 5.41) is 2.60. The minimum absolute atomic E-state index is 0.0506. The minimum atomic E-state index is -4.75. The van der Waals surface area contributed by atoms with Crippen LogP contribution < -0.4 is 9.62 Å². The van der Waals surface area contributed by atoms with Gasteiger partial charge in [0.05, 0.1) is 16.1 Å². The average molecular weight is 638 g/mol. The van der Waals surface area contributed by atoms with Crippen molar-refractivity contribution in [3.05, 3.63) is 131 Å². The first-order valence-electron chi connectivity index (χ1n) is 14.2. The van der Waals surface area contributed by atoms with Gasteiger partial charge in [-0.2, -0.15) is 13.2 Å². The van der Waals surface area contributed by atoms with Crippen molar-refractivity contribution in [2.24, 2.45) is 0 Å². The molecule has 1 N–H and O–H groups in total. The Morgan fingerprint density at radius 3 is 1.98 bits per heavy atom. The standard InChI is InChI=1S/C34H34F3N3O4S/c1-24-12-16-27(17-13-24)22-39(31(33(42)38-3)20-26-8-5-4-6-9-26)32(41)23-40(29-11-7-10-28(21-29)34(35,36)37)45(43,44)30-18-14-25(2)15-19-30/h4-19,21,31H,20,22-23H2,1-3H3,(H,38,42)/t31-/m0/s1. The fourth-order valence-corrected chi connectivity index (χ4v) is 6.22. The van der Waals surface area contributed by atoms with Crippen LogP contribution in [0.5, 0.6) is 0 Å². The van der Waals surface area contributed by atoms with Crippen molar-refractivity contribution in [3.8, 4) is 0 Å². The predicted molar refractivity (Wildman–Crippen MR) is 167 cm³/mol. The molecule has 0 aliphatic rings. The Morgan fingerprint density at radius 1 is 0.800 bits per heavy atom. The summed E-state index contributed by atoms with van der Waals surface area (Å²) in [5.74, 6) is -1.25. The van der Waals surface area contributed by atoms with Crippen molar-refractivity contribution >= 4 is 27.5 Å². The number of alkyl halides is 3. The molecule has 7 nitrogen and oxygen atoms in total. The number of rotatable bonds is 11. The molecule has 11 heteroatoms. The highest BCUT2D eigenvalue weighted by Gasteiger charge is 2.36. The zero-order chi connectivity index (χ0) is 32.8. The third-order valence-corrected chi connectivity index (χ3v) is 9.13. The number of benzene rings is 4. The molecule has 236 valence electrons. The summed E-state index contributed by atoms with van der Waals surface area (Å²) in [6.45, 7) is 2.76. The first-order valence-corrected chi connectivity index (χ1v) is 15.6. The SMILES string of the molecule is CNC(=O)[C@H](Cc1ccccc1)N(Cc1ccc(C)cc1)C(=O)CN(c1cccc(C(F)(F)F)c1)S(=O)(=O)c1ccc(C)cc1. The first-order chi connectivity index (χ1) is 21.3. The zero-order valence-corrected chi connectivity index (χ0v) is 25.9. The molecule has 0 heterocycles. The van der Waals surface area contributed by atoms with Gasteiger partial charge in [0, 0.05) is 20.0 Å². The number of sulfonamides is 1. The molecule has 0 saturated carbocycles. The largest absolute Gasteiger partial charge is 0.416 e. The average Bonchev–Trinajstić information content (AvgIpc) is 3.02. The molecule has 0 radical (unpaired) electrons. The summed E-state index contributed by atoms with van der Waals surface area (Å²) in [7, 11) is -3.10. The van der Waals surface area contributed by atoms with Crippen LogP contribution in [0, 0.1) is 13.8 Å². The number of halogens is 3. The van der Waals surface area contributed by atoms with Gasteiger partial charge in [-0.25, -0.2) is 8.42 Å². The van der Waals surface area contributed by atoms with E-state index in [4.69, 9.17) is 0 Å². The number of hydrogen-bond donors (Lipinski definition) is 1. The molecule has 2 amide bonds. The number of nitrogens with zero attached hydrogens (tertiary/aromatic N) is 2. The maximum atomic E-state index is 14.3. The van der Waals surface area contributed by atoms with Gasteiger partial charge in [0.15, 0.2) is 0 Å². The fraction of sp³-hybridized carbons (Fsp3) is 0.235. The lowest BCUT2D eigenvalue weighted by Crippen LogP contribution is -2.53. The van der Waals surface area contributed by atoms with Crippen LogP contribution in [0.2, 0.25) is 0 Å². The van der Waals surface area contributed by atoms with Crippen LogP contribution in [0.3, 0.4) is 0 Å². The lowest BCUT2D eigenvalue weighted by Gasteiger charge is -2.33. The molecular formula is C34H34F3N3O4S. The Labute approximate surface area is 261 Å². The summed E-state index contributed by atoms with van der Waals surface area (Å²) in [6.07, 6.45) is -4.64. The van der Waals surface area contributed by atoms with Crippen LogP contribution in [0.15, 0.2) is 108 Å². The van der Waals surface area contributed by atoms with Crippen molar-refractivity contribution in [1.82, 2.24) is 10.2 Å². The maximum Gasteiger partial charge on any atom is 0.416 e. The maximum absolute atomic E-state index is 14.3. The number of aryl methyl sites for hydroxylation is 2. The van der Waals surface area contributed by atoms with Crippen molar-refractivity contribution in [3.63, 3.8) is 0 Å². The number of carbonyl (C=O) groups excluding carboxylic acids is 2. The molecule has 0 spiro atoms. The third kappa shape index (κ3) is 8.30. The molecule has 0 saturated heterocycles. The Kier molecular flexibility index (Phi) is 10.3. The molecular weight excluding hydrogens is 603 g/mol. The summed E-state index contributed by atoms with van der Waals surface area (Å²) in [4.78, 5) is 28.7. The highest BCUT2D eigenvalue weighted by atomic mass is 32.2. The smallest absolute Gasteiger partial charge is 0.357 e. The van der Waals surface area contributed by atoms with Crippen molar-refractivity contribution < 1.29 is 31.2 Å². The van der Waals surface area contributed by atoms with Gasteiger partial charge in [-0.05, 0) is 55.3 Å². The fourth-order valence-electron chi connectivity index (χ4n) is 4.81. The van der Waals surface area contributed by atoms with E-state index in [0.29, 0.717) is 15.9 Å². The Hall–Kier alpha value is -4.64. The Balaban J connectivity index is 1.82. The number of amides is 2. The van der Waals surface area contributed by atoms with Gasteiger partial charge in [0.1, 0.15) is 12.6 Å². The second-order valence-electron chi connectivity index (χ2n) is 10.7. The van der Waals surface area contributed by atoms with E-state index in [9.17, 15) is 31.2 Å². The topological polar surface area (TPSA) is 86.8 Å². The predicted octanol–water partition coefficient (Wildman–Crippen LogP) is 5.90. The number of anilines is 1. The quantitative estimate of drug-likeness (QED) is 0.222. The van der Waals surface area contributed by atoms with E-state index in [1.165, 1.54) is 30.1 Å². The van der Waals surface area contributed by atoms with Crippen LogP contribution >= 0.6 is 0 Å². The van der Waals surface area contributed by atoms with E-state index in [1.807, 2.05) is 25.1 Å². The molecule has 0 aliphatic carbocycles. The summed E-state index contributed by atoms with van der Waals surface area (Å²) < 4.78 is 69.8. The molecule has 45 heavy (non-hydrogen) atoms. The van der Waals surface area contributed by atoms with Gasteiger partial charge in [-0.1, -0.05) is 83.9 Å². The zero-order valence-electron chi connectivity index (χ0n) is 25.1. The minimum Gasteiger partial charge on any atom is -0.357 e. The van der Waals surface area contributed by atoms with Gasteiger partial charge in [0.2, 0.25) is 11.8 Å². The number of hydrogen-bond acceptors (Lipinski definition) is 4. The van der Waals surface area contributed by atoms with E-state index in [-0.39, 0.29) is 23.5 Å². The molecule has 0 aromatic heterocycles. The van der Waals surface area contributed by atoms with E-state index in [1.54, 1.807) is 55.5 Å². The number of likely N-dealkylation sites (N-methyl/N-ethyl adjacent to an activating group) is 1. The van der Waals surface area contributed by atoms with Crippen molar-refractivity contribution in [2.45, 2.75) is 43.9 Å². The van der Waals surface area contributed by atoms with Crippen LogP contribution in [0.25, 0.3) is 0 Å². The van der Waals surface area contributed by atoms with E-state index in [2.05, 4.69) is 5.32 Å². The van der Waals surface area contributed by atoms with Gasteiger partial charge >= 0.3 is 6.18 Å². The molecule has 0 bridgehead atoms. The lowest BCUT2D eigenvalue weighted by molar-refractivity contribution is -0.139. The number of nitrogens with one attached hydrogen (secondary N) is 1. The molecule has 1 atom stereocenters. The Bertz CT molecular complexity index is 1730. The number of carbonyl (C=O) groups is 2. The highest BCUT2D eigenvalue weighted by Crippen LogP contribution is 2.33. The van der Waals surface area contributed by atoms with Gasteiger partial charge < -0.3 is 10.2 Å². The molecule has 4 aromatic rings. The summed E-state index contributed by atoms with van der Waals surface area (Å²) >= 11 is 0. The monoisotopic (exact) mass is 637 g/mol. The Morgan fingerprint density at radius 2 is 1.40 bits per heavy atom. The molecule has 0 aliphatic heterocycles. The third-order valence-electron chi connectivity index (χ3n) is 7.34. The van der Waals surface area contributed by atoms with Crippen LogP contribution in [-0.2, 0) is 38.8 Å². The van der Waals surface area contributed by atoms with Crippen molar-refractivity contribution in [1.29, 1.82) is 0 Å². The lowest BCUT2D eigenvalue weighted by atomic mass is 10.0. The van der Waals surface area contributed by atoms with Gasteiger partial charge in [0.25, 0.3) is 10.0 Å². The van der Waals surface area contributed by atoms with Gasteiger partial charge in [-0.15, -0.1) is 0 Å². The van der Waals surface area contributed by atoms with Crippen LogP contribution in [0.4, 0.5) is 18.9 Å². The second kappa shape index (κ2) is 14.0. The highest BCUT2D eigenvalue weighted by molar-refractivity contribution is 7.92. The van der Waals surface area contributed by atoms with E-state index < -0.39 is 46.2 Å². The molecule has 4 aromatic carbocycles. The van der Waals surface area contributed by atoms with Crippen molar-refractivity contribution in [2.75, 3.05) is 17.9 Å². The molecule has 0 unspecified atom stereocenters. The summed E-state index contributed by atoms with van der Waals surface area (Å²) in [5.41, 5.74) is 1.78. The van der Waals surface area contributed by atoms with Gasteiger partial charge in [-0.3, -0.25) is 13.9 Å². The normalized spacial score (nSPS) is 12.3. The van der Waals surface area contributed by atoms with E-state index in [0.717, 1.165) is 28.8 Å². The van der Waals surface area contributed by atoms with Crippen LogP contribution in [-0.4, -0.2) is 44.8 Å². The first kappa shape index (κ1) is 33.3. The molecule has 4 rings (SSSR count). The van der Waals surface area contributed by atoms with Crippen LogP contribution in [0.1, 0.15) is 27.8 Å². The second-order valence-corrected chi connectivity index (χ2v) is 12.6. The summed E-state index contributed by atoms with van der Waals surface area (Å²) in [6, 6.07) is 24.9. The van der Waals surface area contributed by atoms with E-state index >= 15 is 0 Å². The molecule has 0 fully saturated rings.